The molecule has 27 heavy (non-hydrogen) atoms. The van der Waals surface area contributed by atoms with E-state index < -0.39 is 9.84 Å². The molecule has 4 nitrogen and oxygen atoms in total. The zero-order valence-electron chi connectivity index (χ0n) is 14.5. The smallest absolute Gasteiger partial charge is 0.184 e. The first-order valence-electron chi connectivity index (χ1n) is 8.75. The molecule has 140 valence electrons. The van der Waals surface area contributed by atoms with Crippen LogP contribution in [0.3, 0.4) is 0 Å². The zero-order valence-corrected chi connectivity index (χ0v) is 16.9. The minimum Gasteiger partial charge on any atom is -0.377 e. The van der Waals surface area contributed by atoms with Gasteiger partial charge < -0.3 is 5.32 Å². The predicted molar refractivity (Wildman–Crippen MR) is 110 cm³/mol. The van der Waals surface area contributed by atoms with Gasteiger partial charge in [-0.25, -0.2) is 13.4 Å². The summed E-state index contributed by atoms with van der Waals surface area (Å²) in [5.74, 6) is 0.472. The second-order valence-electron chi connectivity index (χ2n) is 6.70. The van der Waals surface area contributed by atoms with Crippen molar-refractivity contribution in [1.29, 1.82) is 0 Å². The Morgan fingerprint density at radius 2 is 1.96 bits per heavy atom. The monoisotopic (exact) mass is 418 g/mol. The summed E-state index contributed by atoms with van der Waals surface area (Å²) in [4.78, 5) is 4.28. The van der Waals surface area contributed by atoms with E-state index in [-0.39, 0.29) is 16.7 Å². The Hall–Kier alpha value is -1.89. The molecule has 3 aromatic rings. The number of hydrogen-bond donors (Lipinski definition) is 1. The lowest BCUT2D eigenvalue weighted by Crippen LogP contribution is -2.13. The van der Waals surface area contributed by atoms with Crippen molar-refractivity contribution in [2.24, 2.45) is 5.92 Å². The lowest BCUT2D eigenvalue weighted by molar-refractivity contribution is 0.595. The summed E-state index contributed by atoms with van der Waals surface area (Å²) < 4.78 is 25.2. The fourth-order valence-electron chi connectivity index (χ4n) is 3.11. The van der Waals surface area contributed by atoms with Crippen molar-refractivity contribution in [3.05, 3.63) is 75.7 Å². The summed E-state index contributed by atoms with van der Waals surface area (Å²) >= 11 is 7.77. The maximum Gasteiger partial charge on any atom is 0.184 e. The van der Waals surface area contributed by atoms with Crippen molar-refractivity contribution in [2.75, 3.05) is 5.32 Å². The molecule has 0 spiro atoms. The maximum atomic E-state index is 12.6. The molecule has 1 atom stereocenters. The van der Waals surface area contributed by atoms with Crippen LogP contribution in [0.25, 0.3) is 0 Å². The molecule has 1 aromatic heterocycles. The largest absolute Gasteiger partial charge is 0.377 e. The molecule has 7 heteroatoms. The zero-order chi connectivity index (χ0) is 18.9. The molecular formula is C20H19ClN2O2S2. The molecule has 1 fully saturated rings. The molecule has 0 saturated heterocycles. The normalized spacial score (nSPS) is 15.4. The number of nitrogens with zero attached hydrogens (tertiary/aromatic N) is 1. The van der Waals surface area contributed by atoms with E-state index in [9.17, 15) is 8.42 Å². The maximum absolute atomic E-state index is 12.6. The van der Waals surface area contributed by atoms with Crippen LogP contribution < -0.4 is 5.32 Å². The van der Waals surface area contributed by atoms with Crippen molar-refractivity contribution in [3.8, 4) is 0 Å². The van der Waals surface area contributed by atoms with Gasteiger partial charge in [0.2, 0.25) is 0 Å². The molecule has 1 N–H and O–H groups in total. The van der Waals surface area contributed by atoms with Crippen LogP contribution in [0.1, 0.15) is 29.5 Å². The standard InChI is InChI=1S/C20H19ClN2O2S2/c21-17-12-16(27(24,25)13-19-22-10-11-26-19)8-9-18(17)23-20(15-6-7-15)14-4-2-1-3-5-14/h1-5,8-12,15,20,23H,6-7,13H2. The molecule has 1 aliphatic carbocycles. The molecule has 0 radical (unpaired) electrons. The van der Waals surface area contributed by atoms with Crippen LogP contribution in [0.15, 0.2) is 65.0 Å². The van der Waals surface area contributed by atoms with Crippen molar-refractivity contribution in [1.82, 2.24) is 4.98 Å². The van der Waals surface area contributed by atoms with Crippen LogP contribution in [-0.2, 0) is 15.6 Å². The molecule has 1 unspecified atom stereocenters. The number of halogens is 1. The second kappa shape index (κ2) is 7.62. The first-order chi connectivity index (χ1) is 13.0. The average molecular weight is 419 g/mol. The highest BCUT2D eigenvalue weighted by atomic mass is 35.5. The van der Waals surface area contributed by atoms with Crippen LogP contribution in [0.5, 0.6) is 0 Å². The molecule has 0 aliphatic heterocycles. The van der Waals surface area contributed by atoms with Gasteiger partial charge in [0.25, 0.3) is 0 Å². The first-order valence-corrected chi connectivity index (χ1v) is 11.7. The number of rotatable bonds is 7. The van der Waals surface area contributed by atoms with E-state index in [1.165, 1.54) is 35.8 Å². The van der Waals surface area contributed by atoms with Crippen LogP contribution in [0.2, 0.25) is 5.02 Å². The Bertz CT molecular complexity index is 1020. The van der Waals surface area contributed by atoms with Crippen LogP contribution in [0, 0.1) is 5.92 Å². The SMILES string of the molecule is O=S(=O)(Cc1nccs1)c1ccc(NC(c2ccccc2)C2CC2)c(Cl)c1. The van der Waals surface area contributed by atoms with Gasteiger partial charge in [-0.2, -0.15) is 0 Å². The van der Waals surface area contributed by atoms with E-state index in [0.29, 0.717) is 15.9 Å². The van der Waals surface area contributed by atoms with Crippen LogP contribution in [-0.4, -0.2) is 13.4 Å². The van der Waals surface area contributed by atoms with Crippen LogP contribution >= 0.6 is 22.9 Å². The molecule has 1 aliphatic rings. The summed E-state index contributed by atoms with van der Waals surface area (Å²) in [6.45, 7) is 0. The summed E-state index contributed by atoms with van der Waals surface area (Å²) in [6, 6.07) is 15.4. The Labute approximate surface area is 168 Å². The quantitative estimate of drug-likeness (QED) is 0.563. The molecule has 4 rings (SSSR count). The Balaban J connectivity index is 1.56. The van der Waals surface area contributed by atoms with E-state index in [1.807, 2.05) is 18.2 Å². The Morgan fingerprint density at radius 3 is 2.59 bits per heavy atom. The van der Waals surface area contributed by atoms with Gasteiger partial charge in [-0.1, -0.05) is 41.9 Å². The van der Waals surface area contributed by atoms with Crippen molar-refractivity contribution < 1.29 is 8.42 Å². The number of thiazole rings is 1. The summed E-state index contributed by atoms with van der Waals surface area (Å²) in [7, 11) is -3.47. The number of benzene rings is 2. The highest BCUT2D eigenvalue weighted by molar-refractivity contribution is 7.90. The minimum absolute atomic E-state index is 0.109. The van der Waals surface area contributed by atoms with E-state index >= 15 is 0 Å². The molecule has 1 saturated carbocycles. The fourth-order valence-corrected chi connectivity index (χ4v) is 5.68. The third kappa shape index (κ3) is 4.34. The molecule has 0 amide bonds. The lowest BCUT2D eigenvalue weighted by atomic mass is 10.0. The van der Waals surface area contributed by atoms with Crippen molar-refractivity contribution in [2.45, 2.75) is 29.5 Å². The van der Waals surface area contributed by atoms with Gasteiger partial charge in [-0.3, -0.25) is 0 Å². The average Bonchev–Trinajstić information content (AvgIpc) is 3.38. The minimum atomic E-state index is -3.47. The number of anilines is 1. The third-order valence-corrected chi connectivity index (χ3v) is 7.56. The predicted octanol–water partition coefficient (Wildman–Crippen LogP) is 5.33. The van der Waals surface area contributed by atoms with Gasteiger partial charge in [-0.15, -0.1) is 11.3 Å². The van der Waals surface area contributed by atoms with Crippen molar-refractivity contribution in [3.63, 3.8) is 0 Å². The molecule has 0 bridgehead atoms. The van der Waals surface area contributed by atoms with Gasteiger partial charge >= 0.3 is 0 Å². The van der Waals surface area contributed by atoms with Crippen molar-refractivity contribution >= 4 is 38.5 Å². The van der Waals surface area contributed by atoms with Crippen LogP contribution in [0.4, 0.5) is 5.69 Å². The van der Waals surface area contributed by atoms with Gasteiger partial charge in [0.1, 0.15) is 10.8 Å². The van der Waals surface area contributed by atoms with Gasteiger partial charge in [0.05, 0.1) is 21.6 Å². The number of nitrogens with one attached hydrogen (secondary N) is 1. The topological polar surface area (TPSA) is 59.1 Å². The number of sulfone groups is 1. The van der Waals surface area contributed by atoms with E-state index in [0.717, 1.165) is 5.69 Å². The number of aromatic nitrogens is 1. The van der Waals surface area contributed by atoms with E-state index in [4.69, 9.17) is 11.6 Å². The van der Waals surface area contributed by atoms with E-state index in [1.54, 1.807) is 23.7 Å². The van der Waals surface area contributed by atoms with Gasteiger partial charge in [0, 0.05) is 11.6 Å². The molecular weight excluding hydrogens is 400 g/mol. The Morgan fingerprint density at radius 1 is 1.19 bits per heavy atom. The fraction of sp³-hybridized carbons (Fsp3) is 0.250. The summed E-state index contributed by atoms with van der Waals surface area (Å²) in [5.41, 5.74) is 1.97. The molecule has 1 heterocycles. The third-order valence-electron chi connectivity index (χ3n) is 4.66. The number of hydrogen-bond acceptors (Lipinski definition) is 5. The van der Waals surface area contributed by atoms with E-state index in [2.05, 4.69) is 22.4 Å². The highest BCUT2D eigenvalue weighted by Gasteiger charge is 2.32. The summed E-state index contributed by atoms with van der Waals surface area (Å²) in [5, 5.41) is 6.27. The molecule has 2 aromatic carbocycles. The van der Waals surface area contributed by atoms with Gasteiger partial charge in [-0.05, 0) is 42.5 Å². The first kappa shape index (κ1) is 18.5. The van der Waals surface area contributed by atoms with Gasteiger partial charge in [0.15, 0.2) is 9.84 Å². The highest BCUT2D eigenvalue weighted by Crippen LogP contribution is 2.43. The second-order valence-corrected chi connectivity index (χ2v) is 10.1. The lowest BCUT2D eigenvalue weighted by Gasteiger charge is -2.21. The summed E-state index contributed by atoms with van der Waals surface area (Å²) in [6.07, 6.45) is 3.98. The Kier molecular flexibility index (Phi) is 5.21.